The third-order valence-corrected chi connectivity index (χ3v) is 4.39. The first kappa shape index (κ1) is 18.4. The summed E-state index contributed by atoms with van der Waals surface area (Å²) in [5.74, 6) is 0.384. The zero-order chi connectivity index (χ0) is 16.0. The summed E-state index contributed by atoms with van der Waals surface area (Å²) in [6, 6.07) is 0. The molecule has 1 saturated heterocycles. The highest BCUT2D eigenvalue weighted by atomic mass is 16.6. The second-order valence-electron chi connectivity index (χ2n) is 7.52. The van der Waals surface area contributed by atoms with Crippen LogP contribution in [0.4, 0.5) is 0 Å². The predicted octanol–water partition coefficient (Wildman–Crippen LogP) is 3.28. The van der Waals surface area contributed by atoms with E-state index in [1.807, 2.05) is 13.8 Å². The lowest BCUT2D eigenvalue weighted by molar-refractivity contribution is -0.160. The van der Waals surface area contributed by atoms with E-state index in [1.54, 1.807) is 0 Å². The van der Waals surface area contributed by atoms with Crippen LogP contribution >= 0.6 is 0 Å². The van der Waals surface area contributed by atoms with Gasteiger partial charge in [0, 0.05) is 19.3 Å². The molecular formula is C17H33NO3. The Morgan fingerprint density at radius 3 is 2.29 bits per heavy atom. The molecule has 124 valence electrons. The Morgan fingerprint density at radius 2 is 1.81 bits per heavy atom. The standard InChI is InChI=1S/C17H33NO3/c1-12-10-15(11-13(2)20-12)21-16(19)7-6-14(8-9-18)17(3,4)5/h12-15H,6-11,18H2,1-5H3. The summed E-state index contributed by atoms with van der Waals surface area (Å²) >= 11 is 0. The van der Waals surface area contributed by atoms with Gasteiger partial charge in [-0.25, -0.2) is 0 Å². The number of carbonyl (C=O) groups is 1. The number of hydrogen-bond donors (Lipinski definition) is 1. The van der Waals surface area contributed by atoms with E-state index in [0.29, 0.717) is 18.9 Å². The van der Waals surface area contributed by atoms with Crippen LogP contribution in [0.3, 0.4) is 0 Å². The van der Waals surface area contributed by atoms with E-state index < -0.39 is 0 Å². The van der Waals surface area contributed by atoms with Crippen molar-refractivity contribution >= 4 is 5.97 Å². The highest BCUT2D eigenvalue weighted by Crippen LogP contribution is 2.32. The average molecular weight is 299 g/mol. The molecule has 1 aliphatic rings. The molecule has 0 saturated carbocycles. The van der Waals surface area contributed by atoms with E-state index in [1.165, 1.54) is 0 Å². The maximum Gasteiger partial charge on any atom is 0.306 e. The summed E-state index contributed by atoms with van der Waals surface area (Å²) in [6.07, 6.45) is 4.28. The molecule has 0 amide bonds. The summed E-state index contributed by atoms with van der Waals surface area (Å²) < 4.78 is 11.3. The van der Waals surface area contributed by atoms with Crippen LogP contribution < -0.4 is 5.73 Å². The predicted molar refractivity (Wildman–Crippen MR) is 85.0 cm³/mol. The molecule has 0 aromatic heterocycles. The van der Waals surface area contributed by atoms with Crippen molar-refractivity contribution in [1.82, 2.24) is 0 Å². The fraction of sp³-hybridized carbons (Fsp3) is 0.941. The molecule has 0 radical (unpaired) electrons. The molecule has 0 aromatic carbocycles. The summed E-state index contributed by atoms with van der Waals surface area (Å²) in [5.41, 5.74) is 5.86. The smallest absolute Gasteiger partial charge is 0.306 e. The Morgan fingerprint density at radius 1 is 1.24 bits per heavy atom. The van der Waals surface area contributed by atoms with Crippen molar-refractivity contribution in [2.45, 2.75) is 85.0 Å². The molecule has 4 nitrogen and oxygen atoms in total. The van der Waals surface area contributed by atoms with Gasteiger partial charge in [0.05, 0.1) is 12.2 Å². The Hall–Kier alpha value is -0.610. The normalized spacial score (nSPS) is 28.2. The van der Waals surface area contributed by atoms with Crippen molar-refractivity contribution in [2.24, 2.45) is 17.1 Å². The molecule has 4 heteroatoms. The zero-order valence-corrected chi connectivity index (χ0v) is 14.4. The number of carbonyl (C=O) groups excluding carboxylic acids is 1. The van der Waals surface area contributed by atoms with E-state index in [9.17, 15) is 4.79 Å². The minimum absolute atomic E-state index is 0.0128. The van der Waals surface area contributed by atoms with Crippen molar-refractivity contribution in [2.75, 3.05) is 6.54 Å². The van der Waals surface area contributed by atoms with Crippen LogP contribution in [0.1, 0.15) is 66.7 Å². The van der Waals surface area contributed by atoms with Crippen molar-refractivity contribution in [3.05, 3.63) is 0 Å². The molecule has 1 heterocycles. The minimum Gasteiger partial charge on any atom is -0.462 e. The van der Waals surface area contributed by atoms with E-state index in [0.717, 1.165) is 25.7 Å². The Labute approximate surface area is 129 Å². The van der Waals surface area contributed by atoms with E-state index >= 15 is 0 Å². The summed E-state index contributed by atoms with van der Waals surface area (Å²) in [5, 5.41) is 0. The van der Waals surface area contributed by atoms with Gasteiger partial charge in [-0.1, -0.05) is 20.8 Å². The molecule has 2 N–H and O–H groups in total. The van der Waals surface area contributed by atoms with Crippen LogP contribution in [-0.2, 0) is 14.3 Å². The second kappa shape index (κ2) is 8.14. The molecule has 3 atom stereocenters. The summed E-state index contributed by atoms with van der Waals surface area (Å²) in [4.78, 5) is 12.1. The van der Waals surface area contributed by atoms with Crippen molar-refractivity contribution < 1.29 is 14.3 Å². The fourth-order valence-corrected chi connectivity index (χ4v) is 3.19. The third kappa shape index (κ3) is 6.79. The lowest BCUT2D eigenvalue weighted by Gasteiger charge is -2.32. The highest BCUT2D eigenvalue weighted by Gasteiger charge is 2.28. The van der Waals surface area contributed by atoms with Gasteiger partial charge in [0.25, 0.3) is 0 Å². The lowest BCUT2D eigenvalue weighted by atomic mass is 9.76. The minimum atomic E-state index is -0.0763. The van der Waals surface area contributed by atoms with Crippen LogP contribution in [0.5, 0.6) is 0 Å². The van der Waals surface area contributed by atoms with Crippen molar-refractivity contribution in [1.29, 1.82) is 0 Å². The quantitative estimate of drug-likeness (QED) is 0.765. The molecule has 0 aromatic rings. The first-order valence-electron chi connectivity index (χ1n) is 8.27. The molecule has 3 unspecified atom stereocenters. The van der Waals surface area contributed by atoms with Gasteiger partial charge in [-0.05, 0) is 44.6 Å². The van der Waals surface area contributed by atoms with Gasteiger partial charge in [0.2, 0.25) is 0 Å². The molecular weight excluding hydrogens is 266 g/mol. The maximum atomic E-state index is 12.1. The lowest BCUT2D eigenvalue weighted by Crippen LogP contribution is -2.35. The molecule has 0 aliphatic carbocycles. The molecule has 21 heavy (non-hydrogen) atoms. The first-order chi connectivity index (χ1) is 9.72. The van der Waals surface area contributed by atoms with Gasteiger partial charge < -0.3 is 15.2 Å². The van der Waals surface area contributed by atoms with Crippen molar-refractivity contribution in [3.63, 3.8) is 0 Å². The summed E-state index contributed by atoms with van der Waals surface area (Å²) in [7, 11) is 0. The number of rotatable bonds is 6. The number of ether oxygens (including phenoxy) is 2. The first-order valence-corrected chi connectivity index (χ1v) is 8.27. The van der Waals surface area contributed by atoms with Crippen LogP contribution in [0, 0.1) is 11.3 Å². The molecule has 1 fully saturated rings. The third-order valence-electron chi connectivity index (χ3n) is 4.39. The molecule has 0 spiro atoms. The monoisotopic (exact) mass is 299 g/mol. The van der Waals surface area contributed by atoms with Gasteiger partial charge in [-0.3, -0.25) is 4.79 Å². The maximum absolute atomic E-state index is 12.1. The topological polar surface area (TPSA) is 61.5 Å². The molecule has 1 rings (SSSR count). The summed E-state index contributed by atoms with van der Waals surface area (Å²) in [6.45, 7) is 11.4. The highest BCUT2D eigenvalue weighted by molar-refractivity contribution is 5.69. The second-order valence-corrected chi connectivity index (χ2v) is 7.52. The number of nitrogens with two attached hydrogens (primary N) is 1. The van der Waals surface area contributed by atoms with E-state index in [2.05, 4.69) is 20.8 Å². The number of esters is 1. The SMILES string of the molecule is CC1CC(OC(=O)CCC(CCN)C(C)(C)C)CC(C)O1. The van der Waals surface area contributed by atoms with Crippen LogP contribution in [0.15, 0.2) is 0 Å². The van der Waals surface area contributed by atoms with Crippen LogP contribution in [0.25, 0.3) is 0 Å². The average Bonchev–Trinajstić information content (AvgIpc) is 2.31. The van der Waals surface area contributed by atoms with Gasteiger partial charge in [-0.2, -0.15) is 0 Å². The van der Waals surface area contributed by atoms with E-state index in [-0.39, 0.29) is 29.7 Å². The Balaban J connectivity index is 2.39. The number of hydrogen-bond acceptors (Lipinski definition) is 4. The van der Waals surface area contributed by atoms with Crippen molar-refractivity contribution in [3.8, 4) is 0 Å². The van der Waals surface area contributed by atoms with Gasteiger partial charge in [0.1, 0.15) is 6.10 Å². The molecule has 0 bridgehead atoms. The largest absolute Gasteiger partial charge is 0.462 e. The van der Waals surface area contributed by atoms with Gasteiger partial charge in [0.15, 0.2) is 0 Å². The van der Waals surface area contributed by atoms with Crippen LogP contribution in [0.2, 0.25) is 0 Å². The van der Waals surface area contributed by atoms with Gasteiger partial charge >= 0.3 is 5.97 Å². The Kier molecular flexibility index (Phi) is 7.14. The van der Waals surface area contributed by atoms with Crippen LogP contribution in [-0.4, -0.2) is 30.8 Å². The Bertz CT molecular complexity index is 314. The zero-order valence-electron chi connectivity index (χ0n) is 14.4. The molecule has 1 aliphatic heterocycles. The fourth-order valence-electron chi connectivity index (χ4n) is 3.19. The van der Waals surface area contributed by atoms with E-state index in [4.69, 9.17) is 15.2 Å². The van der Waals surface area contributed by atoms with Gasteiger partial charge in [-0.15, -0.1) is 0 Å².